The molecule has 0 aromatic carbocycles. The first-order valence-electron chi connectivity index (χ1n) is 5.05. The molecule has 12 heavy (non-hydrogen) atoms. The van der Waals surface area contributed by atoms with E-state index < -0.39 is 0 Å². The lowest BCUT2D eigenvalue weighted by atomic mass is 9.79. The van der Waals surface area contributed by atoms with Crippen LogP contribution in [0, 0.1) is 5.41 Å². The lowest BCUT2D eigenvalue weighted by Crippen LogP contribution is -2.34. The summed E-state index contributed by atoms with van der Waals surface area (Å²) in [6, 6.07) is 0. The fourth-order valence-corrected chi connectivity index (χ4v) is 1.63. The zero-order valence-electron chi connectivity index (χ0n) is 8.47. The van der Waals surface area contributed by atoms with E-state index in [0.717, 1.165) is 19.3 Å². The SMILES string of the molecule is CCCCC(CN)(CO)CCC. The fourth-order valence-electron chi connectivity index (χ4n) is 1.63. The highest BCUT2D eigenvalue weighted by Gasteiger charge is 2.25. The van der Waals surface area contributed by atoms with Gasteiger partial charge in [0, 0.05) is 18.6 Å². The predicted octanol–water partition coefficient (Wildman–Crippen LogP) is 1.91. The van der Waals surface area contributed by atoms with Crippen molar-refractivity contribution < 1.29 is 5.11 Å². The van der Waals surface area contributed by atoms with Gasteiger partial charge in [0.25, 0.3) is 0 Å². The molecule has 0 heterocycles. The van der Waals surface area contributed by atoms with Crippen molar-refractivity contribution in [3.05, 3.63) is 0 Å². The lowest BCUT2D eigenvalue weighted by Gasteiger charge is -2.29. The van der Waals surface area contributed by atoms with E-state index in [9.17, 15) is 5.11 Å². The van der Waals surface area contributed by atoms with E-state index in [-0.39, 0.29) is 12.0 Å². The van der Waals surface area contributed by atoms with E-state index in [1.807, 2.05) is 0 Å². The average molecular weight is 173 g/mol. The first-order valence-corrected chi connectivity index (χ1v) is 5.05. The van der Waals surface area contributed by atoms with Gasteiger partial charge in [-0.3, -0.25) is 0 Å². The van der Waals surface area contributed by atoms with Crippen LogP contribution >= 0.6 is 0 Å². The lowest BCUT2D eigenvalue weighted by molar-refractivity contribution is 0.109. The summed E-state index contributed by atoms with van der Waals surface area (Å²) in [7, 11) is 0. The molecule has 3 N–H and O–H groups in total. The maximum absolute atomic E-state index is 9.25. The summed E-state index contributed by atoms with van der Waals surface area (Å²) in [5, 5.41) is 9.25. The van der Waals surface area contributed by atoms with Crippen LogP contribution in [0.2, 0.25) is 0 Å². The highest BCUT2D eigenvalue weighted by molar-refractivity contribution is 4.78. The van der Waals surface area contributed by atoms with Crippen LogP contribution in [-0.2, 0) is 0 Å². The highest BCUT2D eigenvalue weighted by Crippen LogP contribution is 2.28. The van der Waals surface area contributed by atoms with E-state index in [1.165, 1.54) is 12.8 Å². The molecule has 1 unspecified atom stereocenters. The highest BCUT2D eigenvalue weighted by atomic mass is 16.3. The summed E-state index contributed by atoms with van der Waals surface area (Å²) in [6.07, 6.45) is 5.61. The largest absolute Gasteiger partial charge is 0.396 e. The summed E-state index contributed by atoms with van der Waals surface area (Å²) in [4.78, 5) is 0. The molecule has 1 atom stereocenters. The number of hydrogen-bond donors (Lipinski definition) is 2. The van der Waals surface area contributed by atoms with Gasteiger partial charge in [-0.1, -0.05) is 33.1 Å². The van der Waals surface area contributed by atoms with Crippen LogP contribution in [0.1, 0.15) is 46.0 Å². The number of nitrogens with two attached hydrogens (primary N) is 1. The topological polar surface area (TPSA) is 46.2 Å². The van der Waals surface area contributed by atoms with Crippen LogP contribution in [0.5, 0.6) is 0 Å². The molecule has 2 nitrogen and oxygen atoms in total. The van der Waals surface area contributed by atoms with Crippen molar-refractivity contribution in [1.82, 2.24) is 0 Å². The first kappa shape index (κ1) is 11.9. The molecule has 0 radical (unpaired) electrons. The maximum atomic E-state index is 9.25. The summed E-state index contributed by atoms with van der Waals surface area (Å²) in [5.41, 5.74) is 5.70. The van der Waals surface area contributed by atoms with Gasteiger partial charge in [-0.2, -0.15) is 0 Å². The molecule has 0 saturated heterocycles. The molecule has 0 aliphatic heterocycles. The van der Waals surface area contributed by atoms with Gasteiger partial charge < -0.3 is 10.8 Å². The standard InChI is InChI=1S/C10H23NO/c1-3-5-7-10(8-11,9-12)6-4-2/h12H,3-9,11H2,1-2H3. The molecule has 0 aliphatic rings. The minimum Gasteiger partial charge on any atom is -0.396 e. The zero-order chi connectivity index (χ0) is 9.45. The van der Waals surface area contributed by atoms with Gasteiger partial charge in [-0.25, -0.2) is 0 Å². The summed E-state index contributed by atoms with van der Waals surface area (Å²) < 4.78 is 0. The third-order valence-electron chi connectivity index (χ3n) is 2.61. The number of unbranched alkanes of at least 4 members (excludes halogenated alkanes) is 1. The van der Waals surface area contributed by atoms with Gasteiger partial charge in [-0.15, -0.1) is 0 Å². The summed E-state index contributed by atoms with van der Waals surface area (Å²) >= 11 is 0. The Balaban J connectivity index is 3.95. The molecule has 0 aromatic rings. The monoisotopic (exact) mass is 173 g/mol. The van der Waals surface area contributed by atoms with Crippen molar-refractivity contribution in [2.24, 2.45) is 11.1 Å². The van der Waals surface area contributed by atoms with E-state index in [4.69, 9.17) is 5.73 Å². The second-order valence-electron chi connectivity index (χ2n) is 3.72. The van der Waals surface area contributed by atoms with Crippen LogP contribution in [-0.4, -0.2) is 18.3 Å². The second-order valence-corrected chi connectivity index (χ2v) is 3.72. The minimum absolute atomic E-state index is 0.0186. The Morgan fingerprint density at radius 2 is 1.83 bits per heavy atom. The van der Waals surface area contributed by atoms with Crippen molar-refractivity contribution in [3.8, 4) is 0 Å². The Morgan fingerprint density at radius 3 is 2.17 bits per heavy atom. The molecule has 0 fully saturated rings. The van der Waals surface area contributed by atoms with Gasteiger partial charge in [-0.05, 0) is 12.8 Å². The Labute approximate surface area is 76.2 Å². The predicted molar refractivity (Wildman–Crippen MR) is 53.0 cm³/mol. The van der Waals surface area contributed by atoms with Crippen molar-refractivity contribution in [3.63, 3.8) is 0 Å². The molecule has 0 saturated carbocycles. The van der Waals surface area contributed by atoms with Gasteiger partial charge in [0.05, 0.1) is 0 Å². The number of aliphatic hydroxyl groups is 1. The Morgan fingerprint density at radius 1 is 1.17 bits per heavy atom. The molecular weight excluding hydrogens is 150 g/mol. The van der Waals surface area contributed by atoms with Crippen molar-refractivity contribution >= 4 is 0 Å². The van der Waals surface area contributed by atoms with Gasteiger partial charge >= 0.3 is 0 Å². The van der Waals surface area contributed by atoms with E-state index in [2.05, 4.69) is 13.8 Å². The minimum atomic E-state index is 0.0186. The number of aliphatic hydroxyl groups excluding tert-OH is 1. The Kier molecular flexibility index (Phi) is 6.39. The van der Waals surface area contributed by atoms with Crippen LogP contribution in [0.15, 0.2) is 0 Å². The Bertz CT molecular complexity index is 100. The zero-order valence-corrected chi connectivity index (χ0v) is 8.47. The summed E-state index contributed by atoms with van der Waals surface area (Å²) in [5.74, 6) is 0. The van der Waals surface area contributed by atoms with E-state index in [0.29, 0.717) is 6.54 Å². The van der Waals surface area contributed by atoms with E-state index >= 15 is 0 Å². The second kappa shape index (κ2) is 6.44. The molecule has 0 rings (SSSR count). The molecule has 0 bridgehead atoms. The third kappa shape index (κ3) is 3.55. The number of hydrogen-bond acceptors (Lipinski definition) is 2. The molecule has 0 aromatic heterocycles. The Hall–Kier alpha value is -0.0800. The molecule has 0 amide bonds. The van der Waals surface area contributed by atoms with Crippen molar-refractivity contribution in [2.45, 2.75) is 46.0 Å². The first-order chi connectivity index (χ1) is 5.74. The molecule has 0 spiro atoms. The van der Waals surface area contributed by atoms with Crippen LogP contribution in [0.25, 0.3) is 0 Å². The smallest absolute Gasteiger partial charge is 0.0499 e. The summed E-state index contributed by atoms with van der Waals surface area (Å²) in [6.45, 7) is 5.19. The normalized spacial score (nSPS) is 16.0. The molecule has 0 aliphatic carbocycles. The fraction of sp³-hybridized carbons (Fsp3) is 1.00. The van der Waals surface area contributed by atoms with Crippen LogP contribution in [0.4, 0.5) is 0 Å². The molecule has 2 heteroatoms. The van der Waals surface area contributed by atoms with Gasteiger partial charge in [0.15, 0.2) is 0 Å². The average Bonchev–Trinajstić information content (AvgIpc) is 2.13. The van der Waals surface area contributed by atoms with Gasteiger partial charge in [0.1, 0.15) is 0 Å². The van der Waals surface area contributed by atoms with Crippen molar-refractivity contribution in [2.75, 3.05) is 13.2 Å². The number of rotatable bonds is 7. The van der Waals surface area contributed by atoms with Crippen molar-refractivity contribution in [1.29, 1.82) is 0 Å². The quantitative estimate of drug-likeness (QED) is 0.618. The van der Waals surface area contributed by atoms with Gasteiger partial charge in [0.2, 0.25) is 0 Å². The molecule has 74 valence electrons. The maximum Gasteiger partial charge on any atom is 0.0499 e. The molecular formula is C10H23NO. The third-order valence-corrected chi connectivity index (χ3v) is 2.61. The van der Waals surface area contributed by atoms with Crippen LogP contribution in [0.3, 0.4) is 0 Å². The van der Waals surface area contributed by atoms with Crippen LogP contribution < -0.4 is 5.73 Å². The van der Waals surface area contributed by atoms with E-state index in [1.54, 1.807) is 0 Å².